The molecule has 1 aromatic heterocycles. The van der Waals surface area contributed by atoms with Crippen molar-refractivity contribution >= 4 is 16.0 Å². The van der Waals surface area contributed by atoms with Crippen molar-refractivity contribution in [2.75, 3.05) is 20.2 Å². The first-order valence-electron chi connectivity index (χ1n) is 8.08. The molecule has 8 heteroatoms. The van der Waals surface area contributed by atoms with Gasteiger partial charge in [0.25, 0.3) is 15.1 Å². The van der Waals surface area contributed by atoms with Crippen LogP contribution in [0.2, 0.25) is 0 Å². The molecule has 3 rings (SSSR count). The fourth-order valence-electron chi connectivity index (χ4n) is 2.75. The number of benzene rings is 1. The Balaban J connectivity index is 2.04. The summed E-state index contributed by atoms with van der Waals surface area (Å²) in [5, 5.41) is -0.451. The Hall–Kier alpha value is -2.19. The zero-order valence-electron chi connectivity index (χ0n) is 14.1. The summed E-state index contributed by atoms with van der Waals surface area (Å²) >= 11 is 0. The van der Waals surface area contributed by atoms with E-state index in [0.29, 0.717) is 24.6 Å². The van der Waals surface area contributed by atoms with E-state index in [1.54, 1.807) is 24.3 Å². The maximum atomic E-state index is 13.0. The Labute approximate surface area is 146 Å². The third-order valence-corrected chi connectivity index (χ3v) is 6.10. The number of nitrogens with zero attached hydrogens (tertiary/aromatic N) is 2. The minimum atomic E-state index is -3.96. The molecule has 134 valence electrons. The summed E-state index contributed by atoms with van der Waals surface area (Å²) in [6, 6.07) is 8.83. The van der Waals surface area contributed by atoms with E-state index in [0.717, 1.165) is 12.8 Å². The van der Waals surface area contributed by atoms with Gasteiger partial charge in [-0.05, 0) is 30.9 Å². The lowest BCUT2D eigenvalue weighted by Gasteiger charge is -2.28. The number of methoxy groups -OCH3 is 1. The van der Waals surface area contributed by atoms with Crippen molar-refractivity contribution in [1.82, 2.24) is 9.29 Å². The van der Waals surface area contributed by atoms with Crippen molar-refractivity contribution in [3.63, 3.8) is 0 Å². The number of hydrogen-bond acceptors (Lipinski definition) is 6. The molecule has 1 aromatic carbocycles. The van der Waals surface area contributed by atoms with E-state index in [2.05, 4.69) is 16.6 Å². The summed E-state index contributed by atoms with van der Waals surface area (Å²) < 4.78 is 37.5. The first kappa shape index (κ1) is 17.6. The fraction of sp³-hybridized carbons (Fsp3) is 0.412. The highest BCUT2D eigenvalue weighted by atomic mass is 32.2. The Morgan fingerprint density at radius 2 is 1.88 bits per heavy atom. The smallest absolute Gasteiger partial charge is 0.361 e. The van der Waals surface area contributed by atoms with Gasteiger partial charge in [-0.3, -0.25) is 0 Å². The molecule has 0 aliphatic carbocycles. The number of carbonyl (C=O) groups excluding carboxylic acids is 1. The van der Waals surface area contributed by atoms with Crippen molar-refractivity contribution in [2.24, 2.45) is 5.92 Å². The second-order valence-electron chi connectivity index (χ2n) is 6.10. The molecule has 0 unspecified atom stereocenters. The number of rotatable bonds is 4. The number of ether oxygens (including phenoxy) is 1. The average Bonchev–Trinajstić information content (AvgIpc) is 3.08. The monoisotopic (exact) mass is 364 g/mol. The van der Waals surface area contributed by atoms with Crippen LogP contribution in [0.5, 0.6) is 0 Å². The van der Waals surface area contributed by atoms with Crippen LogP contribution in [-0.2, 0) is 14.8 Å². The molecular formula is C17H20N2O5S. The Bertz CT molecular complexity index is 852. The molecule has 2 heterocycles. The van der Waals surface area contributed by atoms with Crippen LogP contribution in [0.1, 0.15) is 30.3 Å². The van der Waals surface area contributed by atoms with Crippen LogP contribution in [0.25, 0.3) is 11.5 Å². The van der Waals surface area contributed by atoms with Gasteiger partial charge >= 0.3 is 5.97 Å². The number of aromatic nitrogens is 1. The van der Waals surface area contributed by atoms with Gasteiger partial charge in [-0.25, -0.2) is 18.2 Å². The summed E-state index contributed by atoms with van der Waals surface area (Å²) in [4.78, 5) is 16.1. The van der Waals surface area contributed by atoms with Gasteiger partial charge in [0.05, 0.1) is 7.11 Å². The molecule has 0 saturated carbocycles. The molecule has 2 aromatic rings. The van der Waals surface area contributed by atoms with E-state index in [1.807, 2.05) is 6.07 Å². The molecule has 1 aliphatic heterocycles. The summed E-state index contributed by atoms with van der Waals surface area (Å²) in [6.45, 7) is 2.88. The van der Waals surface area contributed by atoms with Crippen LogP contribution >= 0.6 is 0 Å². The average molecular weight is 364 g/mol. The van der Waals surface area contributed by atoms with Gasteiger partial charge < -0.3 is 9.15 Å². The molecule has 0 spiro atoms. The summed E-state index contributed by atoms with van der Waals surface area (Å²) in [7, 11) is -2.78. The zero-order chi connectivity index (χ0) is 18.0. The van der Waals surface area contributed by atoms with Crippen LogP contribution in [0.15, 0.2) is 39.8 Å². The summed E-state index contributed by atoms with van der Waals surface area (Å²) in [5.74, 6) is -0.291. The third-order valence-electron chi connectivity index (χ3n) is 4.31. The lowest BCUT2D eigenvalue weighted by atomic mass is 10.0. The second kappa shape index (κ2) is 6.97. The van der Waals surface area contributed by atoms with Gasteiger partial charge in [0, 0.05) is 18.7 Å². The molecule has 1 saturated heterocycles. The molecule has 1 fully saturated rings. The lowest BCUT2D eigenvalue weighted by Crippen LogP contribution is -2.38. The maximum absolute atomic E-state index is 13.0. The van der Waals surface area contributed by atoms with Gasteiger partial charge in [0.1, 0.15) is 0 Å². The number of piperidine rings is 1. The van der Waals surface area contributed by atoms with Crippen molar-refractivity contribution in [3.05, 3.63) is 36.0 Å². The largest absolute Gasteiger partial charge is 0.464 e. The van der Waals surface area contributed by atoms with Gasteiger partial charge in [-0.15, -0.1) is 0 Å². The zero-order valence-corrected chi connectivity index (χ0v) is 15.0. The van der Waals surface area contributed by atoms with Crippen LogP contribution < -0.4 is 0 Å². The predicted octanol–water partition coefficient (Wildman–Crippen LogP) is 2.55. The van der Waals surface area contributed by atoms with Gasteiger partial charge in [0.15, 0.2) is 0 Å². The standard InChI is InChI=1S/C17H20N2O5S/c1-12-8-10-19(11-9-12)25(21,22)17-14(16(20)23-2)18-15(24-17)13-6-4-3-5-7-13/h3-7,12H,8-11H2,1-2H3. The lowest BCUT2D eigenvalue weighted by molar-refractivity contribution is 0.0587. The van der Waals surface area contributed by atoms with Crippen LogP contribution in [0, 0.1) is 5.92 Å². The van der Waals surface area contributed by atoms with Gasteiger partial charge in [-0.2, -0.15) is 4.31 Å². The van der Waals surface area contributed by atoms with Crippen molar-refractivity contribution in [2.45, 2.75) is 24.9 Å². The van der Waals surface area contributed by atoms with E-state index in [9.17, 15) is 13.2 Å². The van der Waals surface area contributed by atoms with Crippen LogP contribution in [-0.4, -0.2) is 43.9 Å². The highest BCUT2D eigenvalue weighted by molar-refractivity contribution is 7.89. The van der Waals surface area contributed by atoms with Crippen LogP contribution in [0.3, 0.4) is 0 Å². The van der Waals surface area contributed by atoms with E-state index >= 15 is 0 Å². The van der Waals surface area contributed by atoms with Crippen LogP contribution in [0.4, 0.5) is 0 Å². The van der Waals surface area contributed by atoms with E-state index in [4.69, 9.17) is 4.42 Å². The first-order valence-corrected chi connectivity index (χ1v) is 9.52. The molecule has 0 amide bonds. The fourth-order valence-corrected chi connectivity index (χ4v) is 4.24. The number of hydrogen-bond donors (Lipinski definition) is 0. The molecule has 0 radical (unpaired) electrons. The normalized spacial score (nSPS) is 16.7. The van der Waals surface area contributed by atoms with Gasteiger partial charge in [0.2, 0.25) is 11.6 Å². The number of esters is 1. The van der Waals surface area contributed by atoms with Gasteiger partial charge in [-0.1, -0.05) is 25.1 Å². The number of carbonyl (C=O) groups is 1. The predicted molar refractivity (Wildman–Crippen MR) is 90.4 cm³/mol. The molecule has 7 nitrogen and oxygen atoms in total. The third kappa shape index (κ3) is 3.45. The minimum absolute atomic E-state index is 0.0740. The summed E-state index contributed by atoms with van der Waals surface area (Å²) in [5.41, 5.74) is 0.265. The Morgan fingerprint density at radius 1 is 1.24 bits per heavy atom. The van der Waals surface area contributed by atoms with E-state index in [1.165, 1.54) is 11.4 Å². The SMILES string of the molecule is COC(=O)c1nc(-c2ccccc2)oc1S(=O)(=O)N1CCC(C)CC1. The number of oxazole rings is 1. The Morgan fingerprint density at radius 3 is 2.48 bits per heavy atom. The summed E-state index contributed by atoms with van der Waals surface area (Å²) in [6.07, 6.45) is 1.54. The second-order valence-corrected chi connectivity index (χ2v) is 7.94. The van der Waals surface area contributed by atoms with Crippen molar-refractivity contribution < 1.29 is 22.4 Å². The highest BCUT2D eigenvalue weighted by Crippen LogP contribution is 2.30. The minimum Gasteiger partial charge on any atom is -0.464 e. The number of sulfonamides is 1. The molecule has 0 bridgehead atoms. The molecule has 0 N–H and O–H groups in total. The molecule has 0 atom stereocenters. The molecule has 1 aliphatic rings. The first-order chi connectivity index (χ1) is 11.9. The quantitative estimate of drug-likeness (QED) is 0.775. The van der Waals surface area contributed by atoms with Crippen molar-refractivity contribution in [1.29, 1.82) is 0 Å². The van der Waals surface area contributed by atoms with E-state index in [-0.39, 0.29) is 11.6 Å². The Kier molecular flexibility index (Phi) is 4.91. The topological polar surface area (TPSA) is 89.7 Å². The molecule has 25 heavy (non-hydrogen) atoms. The van der Waals surface area contributed by atoms with E-state index < -0.39 is 21.1 Å². The van der Waals surface area contributed by atoms with Crippen molar-refractivity contribution in [3.8, 4) is 11.5 Å². The molecular weight excluding hydrogens is 344 g/mol. The maximum Gasteiger partial charge on any atom is 0.361 e. The highest BCUT2D eigenvalue weighted by Gasteiger charge is 2.37.